The summed E-state index contributed by atoms with van der Waals surface area (Å²) in [5.41, 5.74) is -1.03. The first-order valence-corrected chi connectivity index (χ1v) is 13.7. The van der Waals surface area contributed by atoms with E-state index in [2.05, 4.69) is 0 Å². The van der Waals surface area contributed by atoms with Gasteiger partial charge in [0, 0.05) is 72.3 Å². The van der Waals surface area contributed by atoms with Gasteiger partial charge in [0.05, 0.1) is 13.0 Å². The van der Waals surface area contributed by atoms with E-state index in [4.69, 9.17) is 47.7 Å². The van der Waals surface area contributed by atoms with Gasteiger partial charge in [-0.3, -0.25) is 0 Å². The molecular weight excluding hydrogens is 472 g/mol. The van der Waals surface area contributed by atoms with E-state index >= 15 is 0 Å². The molecule has 10 heteroatoms. The van der Waals surface area contributed by atoms with E-state index in [0.717, 1.165) is 0 Å². The van der Waals surface area contributed by atoms with Crippen molar-refractivity contribution in [2.75, 3.05) is 66.1 Å². The molecule has 0 N–H and O–H groups in total. The zero-order valence-corrected chi connectivity index (χ0v) is 24.4. The molecule has 0 radical (unpaired) electrons. The van der Waals surface area contributed by atoms with Gasteiger partial charge in [-0.1, -0.05) is 0 Å². The molecule has 0 aromatic carbocycles. The standard InChI is InChI=1S/C26H54O10/c1-10-27-20-19-24(36-35-18-9,22-25(29-12-3,30-13-4)31-14-5)21-23(28-11-2)26(32-15-6,33-16-7)34-17-8/h23H,10-22H2,1-9H3. The molecule has 0 bridgehead atoms. The highest BCUT2D eigenvalue weighted by molar-refractivity contribution is 4.91. The van der Waals surface area contributed by atoms with Crippen LogP contribution in [0.1, 0.15) is 81.6 Å². The molecule has 0 aliphatic rings. The third-order valence-electron chi connectivity index (χ3n) is 5.25. The van der Waals surface area contributed by atoms with Crippen LogP contribution in [0.25, 0.3) is 0 Å². The van der Waals surface area contributed by atoms with E-state index in [-0.39, 0.29) is 12.8 Å². The van der Waals surface area contributed by atoms with Crippen LogP contribution in [0.3, 0.4) is 0 Å². The van der Waals surface area contributed by atoms with E-state index < -0.39 is 23.7 Å². The zero-order chi connectivity index (χ0) is 27.3. The number of hydrogen-bond donors (Lipinski definition) is 0. The lowest BCUT2D eigenvalue weighted by atomic mass is 9.87. The minimum Gasteiger partial charge on any atom is -0.382 e. The summed E-state index contributed by atoms with van der Waals surface area (Å²) in [6.07, 6.45) is 0.224. The van der Waals surface area contributed by atoms with Crippen LogP contribution in [0.4, 0.5) is 0 Å². The largest absolute Gasteiger partial charge is 0.382 e. The van der Waals surface area contributed by atoms with Crippen LogP contribution in [0.2, 0.25) is 0 Å². The molecule has 0 saturated carbocycles. The molecule has 0 rings (SSSR count). The van der Waals surface area contributed by atoms with Crippen molar-refractivity contribution in [3.8, 4) is 0 Å². The van der Waals surface area contributed by atoms with Crippen molar-refractivity contribution >= 4 is 0 Å². The normalized spacial score (nSPS) is 15.2. The number of ether oxygens (including phenoxy) is 8. The molecular formula is C26H54O10. The smallest absolute Gasteiger partial charge is 0.310 e. The van der Waals surface area contributed by atoms with Crippen LogP contribution < -0.4 is 0 Å². The summed E-state index contributed by atoms with van der Waals surface area (Å²) in [7, 11) is 0. The first kappa shape index (κ1) is 35.6. The molecule has 0 aliphatic heterocycles. The summed E-state index contributed by atoms with van der Waals surface area (Å²) in [4.78, 5) is 11.7. The summed E-state index contributed by atoms with van der Waals surface area (Å²) in [6.45, 7) is 21.0. The minimum absolute atomic E-state index is 0.187. The Labute approximate surface area is 219 Å². The highest BCUT2D eigenvalue weighted by Crippen LogP contribution is 2.40. The highest BCUT2D eigenvalue weighted by Gasteiger charge is 2.53. The van der Waals surface area contributed by atoms with E-state index in [1.165, 1.54) is 0 Å². The summed E-state index contributed by atoms with van der Waals surface area (Å²) in [5, 5.41) is 0. The predicted molar refractivity (Wildman–Crippen MR) is 136 cm³/mol. The fourth-order valence-electron chi connectivity index (χ4n) is 4.12. The lowest BCUT2D eigenvalue weighted by Crippen LogP contribution is -2.57. The third kappa shape index (κ3) is 12.0. The van der Waals surface area contributed by atoms with Gasteiger partial charge < -0.3 is 37.9 Å². The maximum atomic E-state index is 6.23. The lowest BCUT2D eigenvalue weighted by molar-refractivity contribution is -0.446. The Hall–Kier alpha value is -0.400. The second kappa shape index (κ2) is 20.5. The fraction of sp³-hybridized carbons (Fsp3) is 1.00. The molecule has 2 unspecified atom stereocenters. The maximum Gasteiger partial charge on any atom is 0.310 e. The molecule has 0 aromatic rings. The summed E-state index contributed by atoms with van der Waals surface area (Å²) < 4.78 is 48.4. The SMILES string of the molecule is CCOCCC(CC(OCC)C(OCC)(OCC)OCC)(CC(OCC)(OCC)OCC)OOCC. The average Bonchev–Trinajstić information content (AvgIpc) is 2.83. The highest BCUT2D eigenvalue weighted by atomic mass is 17.2. The molecule has 10 nitrogen and oxygen atoms in total. The number of rotatable bonds is 26. The van der Waals surface area contributed by atoms with Crippen molar-refractivity contribution in [3.05, 3.63) is 0 Å². The average molecular weight is 527 g/mol. The third-order valence-corrected chi connectivity index (χ3v) is 5.25. The van der Waals surface area contributed by atoms with E-state index in [0.29, 0.717) is 72.5 Å². The van der Waals surface area contributed by atoms with Gasteiger partial charge in [-0.2, -0.15) is 0 Å². The van der Waals surface area contributed by atoms with Gasteiger partial charge in [-0.05, 0) is 62.3 Å². The molecule has 0 aromatic heterocycles. The van der Waals surface area contributed by atoms with Gasteiger partial charge in [-0.15, -0.1) is 0 Å². The molecule has 0 spiro atoms. The van der Waals surface area contributed by atoms with Gasteiger partial charge in [0.25, 0.3) is 5.97 Å². The monoisotopic (exact) mass is 526 g/mol. The van der Waals surface area contributed by atoms with E-state index in [1.54, 1.807) is 0 Å². The van der Waals surface area contributed by atoms with Crippen LogP contribution in [0.5, 0.6) is 0 Å². The van der Waals surface area contributed by atoms with Crippen molar-refractivity contribution in [2.45, 2.75) is 105 Å². The molecule has 0 amide bonds. The lowest BCUT2D eigenvalue weighted by Gasteiger charge is -2.45. The van der Waals surface area contributed by atoms with Gasteiger partial charge in [0.1, 0.15) is 11.7 Å². The Balaban J connectivity index is 6.70. The Bertz CT molecular complexity index is 473. The minimum atomic E-state index is -1.44. The first-order valence-electron chi connectivity index (χ1n) is 13.7. The Morgan fingerprint density at radius 2 is 1.06 bits per heavy atom. The Morgan fingerprint density at radius 1 is 0.556 bits per heavy atom. The summed E-state index contributed by atoms with van der Waals surface area (Å²) in [5.74, 6) is -2.80. The van der Waals surface area contributed by atoms with Crippen LogP contribution in [-0.2, 0) is 47.7 Å². The summed E-state index contributed by atoms with van der Waals surface area (Å²) in [6, 6.07) is 0. The van der Waals surface area contributed by atoms with E-state index in [1.807, 2.05) is 62.3 Å². The van der Waals surface area contributed by atoms with Crippen LogP contribution in [-0.4, -0.2) is 89.7 Å². The molecule has 36 heavy (non-hydrogen) atoms. The van der Waals surface area contributed by atoms with Crippen molar-refractivity contribution in [1.29, 1.82) is 0 Å². The van der Waals surface area contributed by atoms with Crippen molar-refractivity contribution in [3.63, 3.8) is 0 Å². The molecule has 0 aliphatic carbocycles. The second-order valence-electron chi connectivity index (χ2n) is 7.83. The van der Waals surface area contributed by atoms with Gasteiger partial charge in [-0.25, -0.2) is 9.78 Å². The van der Waals surface area contributed by atoms with Crippen LogP contribution in [0.15, 0.2) is 0 Å². The molecule has 0 saturated heterocycles. The Morgan fingerprint density at radius 3 is 1.44 bits per heavy atom. The van der Waals surface area contributed by atoms with Gasteiger partial charge >= 0.3 is 5.97 Å². The summed E-state index contributed by atoms with van der Waals surface area (Å²) >= 11 is 0. The van der Waals surface area contributed by atoms with Crippen molar-refractivity contribution in [1.82, 2.24) is 0 Å². The van der Waals surface area contributed by atoms with Gasteiger partial charge in [0.15, 0.2) is 0 Å². The van der Waals surface area contributed by atoms with Crippen molar-refractivity contribution in [2.24, 2.45) is 0 Å². The first-order chi connectivity index (χ1) is 17.4. The maximum absolute atomic E-state index is 6.23. The topological polar surface area (TPSA) is 92.3 Å². The van der Waals surface area contributed by atoms with Gasteiger partial charge in [0.2, 0.25) is 0 Å². The predicted octanol–water partition coefficient (Wildman–Crippen LogP) is 4.83. The molecule has 2 atom stereocenters. The molecule has 0 heterocycles. The van der Waals surface area contributed by atoms with Crippen molar-refractivity contribution < 1.29 is 47.7 Å². The van der Waals surface area contributed by atoms with E-state index in [9.17, 15) is 0 Å². The number of hydrogen-bond acceptors (Lipinski definition) is 10. The molecule has 0 fully saturated rings. The Kier molecular flexibility index (Phi) is 20.3. The van der Waals surface area contributed by atoms with Crippen LogP contribution >= 0.6 is 0 Å². The second-order valence-corrected chi connectivity index (χ2v) is 7.83. The fourth-order valence-corrected chi connectivity index (χ4v) is 4.12. The molecule has 218 valence electrons. The zero-order valence-electron chi connectivity index (χ0n) is 24.4. The van der Waals surface area contributed by atoms with Crippen LogP contribution in [0, 0.1) is 0 Å². The quantitative estimate of drug-likeness (QED) is 0.0675.